The normalized spacial score (nSPS) is 17.7. The van der Waals surface area contributed by atoms with Crippen LogP contribution in [0.3, 0.4) is 0 Å². The van der Waals surface area contributed by atoms with Crippen LogP contribution in [-0.4, -0.2) is 21.4 Å². The highest BCUT2D eigenvalue weighted by Gasteiger charge is 2.40. The van der Waals surface area contributed by atoms with Crippen LogP contribution in [0.25, 0.3) is 0 Å². The van der Waals surface area contributed by atoms with Crippen molar-refractivity contribution in [2.24, 2.45) is 11.8 Å². The number of hydrogen-bond donors (Lipinski definition) is 1. The zero-order valence-corrected chi connectivity index (χ0v) is 11.1. The molecule has 0 spiro atoms. The number of carbonyl (C=O) groups excluding carboxylic acids is 1. The van der Waals surface area contributed by atoms with Gasteiger partial charge in [-0.3, -0.25) is 14.9 Å². The van der Waals surface area contributed by atoms with Crippen molar-refractivity contribution >= 4 is 5.78 Å². The summed E-state index contributed by atoms with van der Waals surface area (Å²) in [7, 11) is 0. The number of rotatable bonds is 6. The molecule has 0 saturated heterocycles. The number of nitrogens with zero attached hydrogens (tertiary/aromatic N) is 1. The van der Waals surface area contributed by atoms with E-state index in [0.29, 0.717) is 0 Å². The van der Waals surface area contributed by atoms with Crippen molar-refractivity contribution in [2.45, 2.75) is 46.6 Å². The Balaban J connectivity index is 5.28. The molecule has 0 aliphatic heterocycles. The Morgan fingerprint density at radius 1 is 1.47 bits per heavy atom. The van der Waals surface area contributed by atoms with E-state index in [1.807, 2.05) is 0 Å². The molecule has 2 atom stereocenters. The fraction of sp³-hybridized carbons (Fsp3) is 0.750. The molecule has 0 aromatic carbocycles. The van der Waals surface area contributed by atoms with Gasteiger partial charge in [-0.05, 0) is 13.3 Å². The summed E-state index contributed by atoms with van der Waals surface area (Å²) in [6.45, 7) is 8.31. The Kier molecular flexibility index (Phi) is 5.48. The van der Waals surface area contributed by atoms with E-state index in [4.69, 9.17) is 0 Å². The van der Waals surface area contributed by atoms with Crippen molar-refractivity contribution < 1.29 is 14.8 Å². The maximum atomic E-state index is 11.9. The molecule has 0 rings (SSSR count). The van der Waals surface area contributed by atoms with E-state index in [2.05, 4.69) is 0 Å². The third kappa shape index (κ3) is 3.63. The van der Waals surface area contributed by atoms with Gasteiger partial charge in [0.2, 0.25) is 6.20 Å². The Bertz CT molecular complexity index is 335. The minimum atomic E-state index is -1.44. The summed E-state index contributed by atoms with van der Waals surface area (Å²) in [5, 5.41) is 20.9. The summed E-state index contributed by atoms with van der Waals surface area (Å²) in [5.74, 6) is -0.944. The van der Waals surface area contributed by atoms with Gasteiger partial charge in [0.15, 0.2) is 0 Å². The number of Topliss-reactive ketones (excluding diaryl/α,β-unsaturated/α-hetero) is 1. The zero-order valence-electron chi connectivity index (χ0n) is 11.1. The molecule has 0 aliphatic rings. The first-order valence-corrected chi connectivity index (χ1v) is 5.75. The summed E-state index contributed by atoms with van der Waals surface area (Å²) in [4.78, 5) is 21.7. The molecular formula is C12H21NO4. The molecule has 0 amide bonds. The highest BCUT2D eigenvalue weighted by molar-refractivity contribution is 5.84. The lowest BCUT2D eigenvalue weighted by Gasteiger charge is -2.33. The molecule has 0 saturated carbocycles. The smallest absolute Gasteiger partial charge is 0.236 e. The molecule has 5 heteroatoms. The quantitative estimate of drug-likeness (QED) is 0.572. The largest absolute Gasteiger partial charge is 0.385 e. The van der Waals surface area contributed by atoms with Crippen molar-refractivity contribution in [3.8, 4) is 0 Å². The topological polar surface area (TPSA) is 80.4 Å². The SMILES string of the molecule is CCC(O)(/C(C)=C/[N+](=O)[O-])C(C)C(=O)C(C)C. The lowest BCUT2D eigenvalue weighted by Crippen LogP contribution is -2.43. The Labute approximate surface area is 102 Å². The highest BCUT2D eigenvalue weighted by Crippen LogP contribution is 2.31. The first-order chi connectivity index (χ1) is 7.66. The van der Waals surface area contributed by atoms with Crippen molar-refractivity contribution in [1.82, 2.24) is 0 Å². The Morgan fingerprint density at radius 2 is 1.94 bits per heavy atom. The van der Waals surface area contributed by atoms with Crippen LogP contribution in [0.2, 0.25) is 0 Å². The van der Waals surface area contributed by atoms with Gasteiger partial charge < -0.3 is 5.11 Å². The first kappa shape index (κ1) is 15.8. The van der Waals surface area contributed by atoms with Crippen LogP contribution in [0.5, 0.6) is 0 Å². The van der Waals surface area contributed by atoms with Crippen LogP contribution >= 0.6 is 0 Å². The minimum absolute atomic E-state index is 0.0922. The summed E-state index contributed by atoms with van der Waals surface area (Å²) in [5.41, 5.74) is -1.22. The molecule has 0 heterocycles. The second-order valence-electron chi connectivity index (χ2n) is 4.65. The van der Waals surface area contributed by atoms with Crippen molar-refractivity contribution in [2.75, 3.05) is 0 Å². The molecule has 2 unspecified atom stereocenters. The maximum Gasteiger partial charge on any atom is 0.236 e. The minimum Gasteiger partial charge on any atom is -0.385 e. The molecule has 0 aromatic rings. The van der Waals surface area contributed by atoms with E-state index in [-0.39, 0.29) is 23.7 Å². The van der Waals surface area contributed by atoms with E-state index < -0.39 is 16.4 Å². The summed E-state index contributed by atoms with van der Waals surface area (Å²) < 4.78 is 0. The monoisotopic (exact) mass is 243 g/mol. The molecule has 5 nitrogen and oxygen atoms in total. The Morgan fingerprint density at radius 3 is 2.24 bits per heavy atom. The summed E-state index contributed by atoms with van der Waals surface area (Å²) in [6, 6.07) is 0. The van der Waals surface area contributed by atoms with Crippen LogP contribution < -0.4 is 0 Å². The lowest BCUT2D eigenvalue weighted by atomic mass is 9.76. The number of ketones is 1. The van der Waals surface area contributed by atoms with Crippen LogP contribution in [0.4, 0.5) is 0 Å². The number of carbonyl (C=O) groups is 1. The number of aliphatic hydroxyl groups is 1. The molecule has 0 fully saturated rings. The summed E-state index contributed by atoms with van der Waals surface area (Å²) in [6.07, 6.45) is 1.04. The van der Waals surface area contributed by atoms with E-state index in [9.17, 15) is 20.0 Å². The molecule has 1 N–H and O–H groups in total. The van der Waals surface area contributed by atoms with Crippen molar-refractivity contribution in [3.05, 3.63) is 21.9 Å². The number of hydrogen-bond acceptors (Lipinski definition) is 4. The van der Waals surface area contributed by atoms with Gasteiger partial charge in [0.25, 0.3) is 0 Å². The molecule has 0 radical (unpaired) electrons. The second kappa shape index (κ2) is 5.91. The molecule has 98 valence electrons. The molecular weight excluding hydrogens is 222 g/mol. The fourth-order valence-electron chi connectivity index (χ4n) is 1.93. The maximum absolute atomic E-state index is 11.9. The highest BCUT2D eigenvalue weighted by atomic mass is 16.6. The van der Waals surface area contributed by atoms with Crippen molar-refractivity contribution in [1.29, 1.82) is 0 Å². The number of nitro groups is 1. The van der Waals surface area contributed by atoms with Gasteiger partial charge in [-0.1, -0.05) is 27.7 Å². The third-order valence-corrected chi connectivity index (χ3v) is 3.23. The molecule has 0 aromatic heterocycles. The van der Waals surface area contributed by atoms with Crippen LogP contribution in [0, 0.1) is 22.0 Å². The second-order valence-corrected chi connectivity index (χ2v) is 4.65. The fourth-order valence-corrected chi connectivity index (χ4v) is 1.93. The van der Waals surface area contributed by atoms with E-state index >= 15 is 0 Å². The van der Waals surface area contributed by atoms with Gasteiger partial charge in [0.05, 0.1) is 4.92 Å². The first-order valence-electron chi connectivity index (χ1n) is 5.75. The van der Waals surface area contributed by atoms with Gasteiger partial charge in [0.1, 0.15) is 11.4 Å². The van der Waals surface area contributed by atoms with Crippen molar-refractivity contribution in [3.63, 3.8) is 0 Å². The predicted molar refractivity (Wildman–Crippen MR) is 65.0 cm³/mol. The van der Waals surface area contributed by atoms with Crippen LogP contribution in [0.15, 0.2) is 11.8 Å². The van der Waals surface area contributed by atoms with Crippen LogP contribution in [0.1, 0.15) is 41.0 Å². The molecule has 17 heavy (non-hydrogen) atoms. The van der Waals surface area contributed by atoms with Gasteiger partial charge in [-0.2, -0.15) is 0 Å². The third-order valence-electron chi connectivity index (χ3n) is 3.23. The van der Waals surface area contributed by atoms with Gasteiger partial charge in [-0.15, -0.1) is 0 Å². The standard InChI is InChI=1S/C12H21NO4/c1-6-12(15,9(4)7-13(16)17)10(5)11(14)8(2)3/h7-8,10,15H,6H2,1-5H3/b9-7+. The van der Waals surface area contributed by atoms with Gasteiger partial charge in [-0.25, -0.2) is 0 Å². The molecule has 0 aliphatic carbocycles. The lowest BCUT2D eigenvalue weighted by molar-refractivity contribution is -0.404. The predicted octanol–water partition coefficient (Wildman–Crippen LogP) is 2.17. The zero-order chi connectivity index (χ0) is 13.8. The Hall–Kier alpha value is -1.23. The van der Waals surface area contributed by atoms with Gasteiger partial charge >= 0.3 is 0 Å². The summed E-state index contributed by atoms with van der Waals surface area (Å²) >= 11 is 0. The van der Waals surface area contributed by atoms with E-state index in [1.54, 1.807) is 27.7 Å². The average molecular weight is 243 g/mol. The van der Waals surface area contributed by atoms with Gasteiger partial charge in [0, 0.05) is 17.4 Å². The molecule has 0 bridgehead atoms. The van der Waals surface area contributed by atoms with E-state index in [0.717, 1.165) is 6.20 Å². The van der Waals surface area contributed by atoms with E-state index in [1.165, 1.54) is 6.92 Å². The average Bonchev–Trinajstić information content (AvgIpc) is 2.24. The van der Waals surface area contributed by atoms with Crippen LogP contribution in [-0.2, 0) is 4.79 Å².